The van der Waals surface area contributed by atoms with Gasteiger partial charge in [0.2, 0.25) is 10.0 Å². The first kappa shape index (κ1) is 19.5. The van der Waals surface area contributed by atoms with Gasteiger partial charge in [0.1, 0.15) is 10.6 Å². The SMILES string of the molecule is COc1ccc(-c2cc(C)no2)cc1S(=O)(=O)N1CCN(c2ccccc2)CC1. The van der Waals surface area contributed by atoms with E-state index in [4.69, 9.17) is 9.26 Å². The summed E-state index contributed by atoms with van der Waals surface area (Å²) >= 11 is 0. The Labute approximate surface area is 170 Å². The highest BCUT2D eigenvalue weighted by atomic mass is 32.2. The van der Waals surface area contributed by atoms with Gasteiger partial charge in [-0.2, -0.15) is 4.31 Å². The number of aryl methyl sites for hydroxylation is 1. The maximum absolute atomic E-state index is 13.4. The van der Waals surface area contributed by atoms with Gasteiger partial charge in [0.25, 0.3) is 0 Å². The molecule has 3 aromatic rings. The second kappa shape index (κ2) is 7.88. The minimum Gasteiger partial charge on any atom is -0.495 e. The van der Waals surface area contributed by atoms with Crippen LogP contribution in [0.2, 0.25) is 0 Å². The van der Waals surface area contributed by atoms with Crippen LogP contribution < -0.4 is 9.64 Å². The third-order valence-corrected chi connectivity index (χ3v) is 6.97. The summed E-state index contributed by atoms with van der Waals surface area (Å²) in [5, 5.41) is 3.88. The molecular formula is C21H23N3O4S. The van der Waals surface area contributed by atoms with Crippen molar-refractivity contribution in [3.63, 3.8) is 0 Å². The first-order valence-corrected chi connectivity index (χ1v) is 10.8. The van der Waals surface area contributed by atoms with Crippen molar-refractivity contribution >= 4 is 15.7 Å². The third kappa shape index (κ3) is 3.86. The van der Waals surface area contributed by atoms with Gasteiger partial charge in [-0.1, -0.05) is 23.4 Å². The van der Waals surface area contributed by atoms with Crippen LogP contribution >= 0.6 is 0 Å². The third-order valence-electron chi connectivity index (χ3n) is 5.05. The lowest BCUT2D eigenvalue weighted by atomic mass is 10.1. The number of piperazine rings is 1. The molecule has 0 saturated carbocycles. The molecule has 0 amide bonds. The van der Waals surface area contributed by atoms with Crippen molar-refractivity contribution in [1.82, 2.24) is 9.46 Å². The zero-order chi connectivity index (χ0) is 20.4. The molecule has 1 fully saturated rings. The summed E-state index contributed by atoms with van der Waals surface area (Å²) in [5.74, 6) is 0.839. The molecule has 0 radical (unpaired) electrons. The highest BCUT2D eigenvalue weighted by Crippen LogP contribution is 2.32. The predicted octanol–water partition coefficient (Wildman–Crippen LogP) is 3.17. The second-order valence-electron chi connectivity index (χ2n) is 6.92. The summed E-state index contributed by atoms with van der Waals surface area (Å²) in [6.45, 7) is 3.90. The molecule has 0 bridgehead atoms. The van der Waals surface area contributed by atoms with Gasteiger partial charge < -0.3 is 14.2 Å². The molecule has 2 aromatic carbocycles. The molecule has 1 aromatic heterocycles. The van der Waals surface area contributed by atoms with Crippen LogP contribution in [0, 0.1) is 6.92 Å². The van der Waals surface area contributed by atoms with Crippen LogP contribution in [-0.4, -0.2) is 51.2 Å². The van der Waals surface area contributed by atoms with Gasteiger partial charge in [0.15, 0.2) is 5.76 Å². The van der Waals surface area contributed by atoms with E-state index in [1.807, 2.05) is 37.3 Å². The lowest BCUT2D eigenvalue weighted by molar-refractivity contribution is 0.374. The van der Waals surface area contributed by atoms with Gasteiger partial charge in [-0.15, -0.1) is 0 Å². The lowest BCUT2D eigenvalue weighted by Gasteiger charge is -2.35. The Morgan fingerprint density at radius 3 is 2.34 bits per heavy atom. The van der Waals surface area contributed by atoms with Crippen molar-refractivity contribution in [2.24, 2.45) is 0 Å². The molecule has 0 N–H and O–H groups in total. The number of hydrogen-bond donors (Lipinski definition) is 0. The Kier molecular flexibility index (Phi) is 5.29. The lowest BCUT2D eigenvalue weighted by Crippen LogP contribution is -2.48. The Balaban J connectivity index is 1.60. The maximum atomic E-state index is 13.4. The molecule has 8 heteroatoms. The molecule has 29 heavy (non-hydrogen) atoms. The quantitative estimate of drug-likeness (QED) is 0.640. The number of methoxy groups -OCH3 is 1. The second-order valence-corrected chi connectivity index (χ2v) is 8.83. The molecule has 1 aliphatic heterocycles. The molecule has 0 atom stereocenters. The van der Waals surface area contributed by atoms with Crippen LogP contribution in [0.25, 0.3) is 11.3 Å². The monoisotopic (exact) mass is 413 g/mol. The van der Waals surface area contributed by atoms with Gasteiger partial charge >= 0.3 is 0 Å². The Hall–Kier alpha value is -2.84. The number of rotatable bonds is 5. The molecule has 7 nitrogen and oxygen atoms in total. The van der Waals surface area contributed by atoms with E-state index < -0.39 is 10.0 Å². The topological polar surface area (TPSA) is 75.9 Å². The number of anilines is 1. The fourth-order valence-electron chi connectivity index (χ4n) is 3.50. The van der Waals surface area contributed by atoms with Crippen LogP contribution in [0.5, 0.6) is 5.75 Å². The van der Waals surface area contributed by atoms with Crippen LogP contribution in [0.15, 0.2) is 64.0 Å². The Bertz CT molecular complexity index is 1090. The Morgan fingerprint density at radius 1 is 1.00 bits per heavy atom. The number of hydrogen-bond acceptors (Lipinski definition) is 6. The van der Waals surface area contributed by atoms with Crippen molar-refractivity contribution < 1.29 is 17.7 Å². The zero-order valence-corrected chi connectivity index (χ0v) is 17.2. The molecule has 1 saturated heterocycles. The predicted molar refractivity (Wildman–Crippen MR) is 111 cm³/mol. The van der Waals surface area contributed by atoms with Crippen molar-refractivity contribution in [3.8, 4) is 17.1 Å². The molecule has 2 heterocycles. The van der Waals surface area contributed by atoms with Crippen molar-refractivity contribution in [1.29, 1.82) is 0 Å². The van der Waals surface area contributed by atoms with E-state index in [0.29, 0.717) is 43.3 Å². The normalized spacial score (nSPS) is 15.4. The van der Waals surface area contributed by atoms with Gasteiger partial charge in [-0.3, -0.25) is 0 Å². The van der Waals surface area contributed by atoms with Gasteiger partial charge in [0, 0.05) is 43.5 Å². The van der Waals surface area contributed by atoms with E-state index in [0.717, 1.165) is 11.4 Å². The molecule has 0 unspecified atom stereocenters. The molecule has 0 spiro atoms. The van der Waals surface area contributed by atoms with Crippen LogP contribution in [0.1, 0.15) is 5.69 Å². The minimum absolute atomic E-state index is 0.139. The van der Waals surface area contributed by atoms with Crippen LogP contribution in [-0.2, 0) is 10.0 Å². The number of ether oxygens (including phenoxy) is 1. The minimum atomic E-state index is -3.71. The highest BCUT2D eigenvalue weighted by Gasteiger charge is 2.31. The van der Waals surface area contributed by atoms with Crippen molar-refractivity contribution in [3.05, 3.63) is 60.3 Å². The zero-order valence-electron chi connectivity index (χ0n) is 16.4. The summed E-state index contributed by atoms with van der Waals surface area (Å²) in [5.41, 5.74) is 2.48. The molecule has 0 aliphatic carbocycles. The average molecular weight is 413 g/mol. The van der Waals surface area contributed by atoms with Crippen LogP contribution in [0.3, 0.4) is 0 Å². The number of nitrogens with zero attached hydrogens (tertiary/aromatic N) is 3. The molecule has 152 valence electrons. The van der Waals surface area contributed by atoms with Crippen molar-refractivity contribution in [2.45, 2.75) is 11.8 Å². The molecule has 4 rings (SSSR count). The smallest absolute Gasteiger partial charge is 0.246 e. The summed E-state index contributed by atoms with van der Waals surface area (Å²) in [4.78, 5) is 2.33. The van der Waals surface area contributed by atoms with Gasteiger partial charge in [-0.25, -0.2) is 8.42 Å². The van der Waals surface area contributed by atoms with E-state index in [-0.39, 0.29) is 4.90 Å². The fraction of sp³-hybridized carbons (Fsp3) is 0.286. The first-order valence-electron chi connectivity index (χ1n) is 9.41. The summed E-state index contributed by atoms with van der Waals surface area (Å²) < 4.78 is 38.9. The number of sulfonamides is 1. The van der Waals surface area contributed by atoms with E-state index >= 15 is 0 Å². The van der Waals surface area contributed by atoms with Gasteiger partial charge in [0.05, 0.1) is 12.8 Å². The van der Waals surface area contributed by atoms with Gasteiger partial charge in [-0.05, 0) is 37.3 Å². The Morgan fingerprint density at radius 2 is 1.72 bits per heavy atom. The van der Waals surface area contributed by atoms with Crippen molar-refractivity contribution in [2.75, 3.05) is 38.2 Å². The standard InChI is InChI=1S/C21H23N3O4S/c1-16-14-20(28-22-16)17-8-9-19(27-2)21(15-17)29(25,26)24-12-10-23(11-13-24)18-6-4-3-5-7-18/h3-9,14-15H,10-13H2,1-2H3. The van der Waals surface area contributed by atoms with E-state index in [2.05, 4.69) is 10.1 Å². The number of aromatic nitrogens is 1. The van der Waals surface area contributed by atoms with E-state index in [1.54, 1.807) is 24.3 Å². The fourth-order valence-corrected chi connectivity index (χ4v) is 5.10. The largest absolute Gasteiger partial charge is 0.495 e. The maximum Gasteiger partial charge on any atom is 0.246 e. The van der Waals surface area contributed by atoms with E-state index in [1.165, 1.54) is 11.4 Å². The molecule has 1 aliphatic rings. The average Bonchev–Trinajstić information content (AvgIpc) is 3.20. The first-order chi connectivity index (χ1) is 14.0. The summed E-state index contributed by atoms with van der Waals surface area (Å²) in [6.07, 6.45) is 0. The van der Waals surface area contributed by atoms with E-state index in [9.17, 15) is 8.42 Å². The van der Waals surface area contributed by atoms with Crippen LogP contribution in [0.4, 0.5) is 5.69 Å². The summed E-state index contributed by atoms with van der Waals surface area (Å²) in [6, 6.07) is 16.8. The summed E-state index contributed by atoms with van der Waals surface area (Å²) in [7, 11) is -2.24. The molecular weight excluding hydrogens is 390 g/mol. The highest BCUT2D eigenvalue weighted by molar-refractivity contribution is 7.89. The number of benzene rings is 2. The number of para-hydroxylation sites is 1.